The molecule has 1 N–H and O–H groups in total. The number of esters is 1. The summed E-state index contributed by atoms with van der Waals surface area (Å²) in [6.07, 6.45) is 1.36. The molecule has 27 heavy (non-hydrogen) atoms. The number of furan rings is 1. The highest BCUT2D eigenvalue weighted by Gasteiger charge is 2.27. The lowest BCUT2D eigenvalue weighted by Crippen LogP contribution is -2.45. The predicted octanol–water partition coefficient (Wildman–Crippen LogP) is 1.34. The minimum absolute atomic E-state index is 0.0880. The predicted molar refractivity (Wildman–Crippen MR) is 94.7 cm³/mol. The van der Waals surface area contributed by atoms with Gasteiger partial charge in [-0.05, 0) is 30.2 Å². The van der Waals surface area contributed by atoms with Crippen LogP contribution in [0.5, 0.6) is 0 Å². The highest BCUT2D eigenvalue weighted by atomic mass is 16.5. The van der Waals surface area contributed by atoms with Crippen LogP contribution >= 0.6 is 0 Å². The van der Waals surface area contributed by atoms with E-state index in [1.165, 1.54) is 12.3 Å². The van der Waals surface area contributed by atoms with Crippen molar-refractivity contribution in [1.29, 1.82) is 0 Å². The monoisotopic (exact) mass is 370 g/mol. The number of carbonyl (C=O) groups is 2. The molecular formula is C18H18N4O5. The van der Waals surface area contributed by atoms with Crippen molar-refractivity contribution in [2.75, 3.05) is 0 Å². The Bertz CT molecular complexity index is 1010. The quantitative estimate of drug-likeness (QED) is 0.651. The van der Waals surface area contributed by atoms with Crippen molar-refractivity contribution in [3.63, 3.8) is 0 Å². The van der Waals surface area contributed by atoms with E-state index in [0.29, 0.717) is 10.9 Å². The number of hydrogen-bond acceptors (Lipinski definition) is 7. The number of aromatic nitrogens is 3. The fraction of sp³-hybridized carbons (Fsp3) is 0.278. The second-order valence-electron chi connectivity index (χ2n) is 6.18. The summed E-state index contributed by atoms with van der Waals surface area (Å²) in [6, 6.07) is 8.89. The molecule has 140 valence electrons. The maximum Gasteiger partial charge on any atom is 0.330 e. The lowest BCUT2D eigenvalue weighted by molar-refractivity contribution is -0.151. The zero-order valence-electron chi connectivity index (χ0n) is 14.8. The van der Waals surface area contributed by atoms with Crippen molar-refractivity contribution in [2.24, 2.45) is 5.92 Å². The Balaban J connectivity index is 1.70. The number of amides is 1. The zero-order chi connectivity index (χ0) is 19.4. The van der Waals surface area contributed by atoms with Gasteiger partial charge >= 0.3 is 5.97 Å². The molecule has 2 aromatic heterocycles. The van der Waals surface area contributed by atoms with E-state index in [9.17, 15) is 14.4 Å². The summed E-state index contributed by atoms with van der Waals surface area (Å²) in [4.78, 5) is 36.9. The minimum atomic E-state index is -0.910. The third kappa shape index (κ3) is 4.02. The molecule has 3 aromatic rings. The van der Waals surface area contributed by atoms with Gasteiger partial charge in [0.15, 0.2) is 12.5 Å². The maximum absolute atomic E-state index is 12.4. The van der Waals surface area contributed by atoms with Crippen molar-refractivity contribution < 1.29 is 18.7 Å². The number of benzene rings is 1. The van der Waals surface area contributed by atoms with Gasteiger partial charge in [0.25, 0.3) is 11.5 Å². The van der Waals surface area contributed by atoms with Crippen LogP contribution in [0.4, 0.5) is 0 Å². The smallest absolute Gasteiger partial charge is 0.330 e. The molecule has 0 radical (unpaired) electrons. The summed E-state index contributed by atoms with van der Waals surface area (Å²) < 4.78 is 11.1. The van der Waals surface area contributed by atoms with E-state index < -0.39 is 30.2 Å². The first kappa shape index (κ1) is 18.3. The molecule has 0 unspecified atom stereocenters. The molecule has 0 aliphatic carbocycles. The Hall–Kier alpha value is -3.49. The van der Waals surface area contributed by atoms with Crippen molar-refractivity contribution in [3.8, 4) is 0 Å². The van der Waals surface area contributed by atoms with E-state index in [4.69, 9.17) is 9.15 Å². The summed E-state index contributed by atoms with van der Waals surface area (Å²) in [5.41, 5.74) is 0.0324. The largest absolute Gasteiger partial charge is 0.459 e. The van der Waals surface area contributed by atoms with Crippen molar-refractivity contribution in [1.82, 2.24) is 20.3 Å². The van der Waals surface area contributed by atoms with Gasteiger partial charge in [0.1, 0.15) is 11.6 Å². The molecule has 1 amide bonds. The molecule has 0 aliphatic heterocycles. The SMILES string of the molecule is CC(C)[C@@H](NC(=O)c1ccco1)C(=O)OCn1nnc2ccccc2c1=O. The molecule has 9 heteroatoms. The van der Waals surface area contributed by atoms with Gasteiger partial charge < -0.3 is 14.5 Å². The van der Waals surface area contributed by atoms with Crippen LogP contribution in [0.2, 0.25) is 0 Å². The van der Waals surface area contributed by atoms with Gasteiger partial charge in [0.05, 0.1) is 11.6 Å². The molecule has 2 heterocycles. The maximum atomic E-state index is 12.4. The summed E-state index contributed by atoms with van der Waals surface area (Å²) in [5.74, 6) is -1.37. The Labute approximate surface area is 153 Å². The second-order valence-corrected chi connectivity index (χ2v) is 6.18. The molecule has 0 spiro atoms. The molecule has 0 aliphatic rings. The number of ether oxygens (including phenoxy) is 1. The van der Waals surface area contributed by atoms with E-state index in [0.717, 1.165) is 4.68 Å². The summed E-state index contributed by atoms with van der Waals surface area (Å²) >= 11 is 0. The molecule has 1 atom stereocenters. The molecule has 0 bridgehead atoms. The molecule has 0 saturated heterocycles. The van der Waals surface area contributed by atoms with Crippen molar-refractivity contribution >= 4 is 22.8 Å². The Kier molecular flexibility index (Phi) is 5.30. The fourth-order valence-electron chi connectivity index (χ4n) is 2.44. The first-order chi connectivity index (χ1) is 13.0. The lowest BCUT2D eigenvalue weighted by atomic mass is 10.0. The standard InChI is InChI=1S/C18H18N4O5/c1-11(2)15(19-16(23)14-8-5-9-26-14)18(25)27-10-22-17(24)12-6-3-4-7-13(12)20-21-22/h3-9,11,15H,10H2,1-2H3,(H,19,23)/t15-/m1/s1. The van der Waals surface area contributed by atoms with Crippen LogP contribution in [0, 0.1) is 5.92 Å². The number of carbonyl (C=O) groups excluding carboxylic acids is 2. The Morgan fingerprint density at radius 3 is 2.70 bits per heavy atom. The Morgan fingerprint density at radius 1 is 1.22 bits per heavy atom. The molecule has 1 aromatic carbocycles. The highest BCUT2D eigenvalue weighted by molar-refractivity contribution is 5.94. The van der Waals surface area contributed by atoms with Gasteiger partial charge in [-0.3, -0.25) is 9.59 Å². The third-order valence-corrected chi connectivity index (χ3v) is 3.91. The van der Waals surface area contributed by atoms with Crippen molar-refractivity contribution in [3.05, 3.63) is 58.8 Å². The molecule has 0 fully saturated rings. The normalized spacial score (nSPS) is 12.1. The van der Waals surface area contributed by atoms with E-state index in [2.05, 4.69) is 15.6 Å². The van der Waals surface area contributed by atoms with Gasteiger partial charge in [0.2, 0.25) is 0 Å². The van der Waals surface area contributed by atoms with Crippen LogP contribution in [0.25, 0.3) is 10.9 Å². The molecule has 9 nitrogen and oxygen atoms in total. The van der Waals surface area contributed by atoms with Crippen LogP contribution in [0.15, 0.2) is 51.9 Å². The minimum Gasteiger partial charge on any atom is -0.459 e. The van der Waals surface area contributed by atoms with E-state index in [1.807, 2.05) is 0 Å². The topological polar surface area (TPSA) is 116 Å². The van der Waals surface area contributed by atoms with Crippen molar-refractivity contribution in [2.45, 2.75) is 26.6 Å². The Morgan fingerprint density at radius 2 is 2.00 bits per heavy atom. The average molecular weight is 370 g/mol. The van der Waals surface area contributed by atoms with Gasteiger partial charge in [-0.25, -0.2) is 4.79 Å². The van der Waals surface area contributed by atoms with Gasteiger partial charge in [-0.15, -0.1) is 5.10 Å². The highest BCUT2D eigenvalue weighted by Crippen LogP contribution is 2.08. The van der Waals surface area contributed by atoms with Gasteiger partial charge in [-0.1, -0.05) is 31.2 Å². The average Bonchev–Trinajstić information content (AvgIpc) is 3.20. The van der Waals surface area contributed by atoms with E-state index in [1.54, 1.807) is 44.2 Å². The van der Waals surface area contributed by atoms with E-state index >= 15 is 0 Å². The third-order valence-electron chi connectivity index (χ3n) is 3.91. The summed E-state index contributed by atoms with van der Waals surface area (Å²) in [7, 11) is 0. The number of nitrogens with zero attached hydrogens (tertiary/aromatic N) is 3. The van der Waals surface area contributed by atoms with Gasteiger partial charge in [-0.2, -0.15) is 4.68 Å². The number of hydrogen-bond donors (Lipinski definition) is 1. The number of nitrogens with one attached hydrogen (secondary N) is 1. The second kappa shape index (κ2) is 7.81. The molecular weight excluding hydrogens is 352 g/mol. The van der Waals surface area contributed by atoms with Crippen LogP contribution in [0.3, 0.4) is 0 Å². The molecule has 3 rings (SSSR count). The van der Waals surface area contributed by atoms with Crippen LogP contribution < -0.4 is 10.9 Å². The van der Waals surface area contributed by atoms with Crippen LogP contribution in [-0.4, -0.2) is 32.9 Å². The lowest BCUT2D eigenvalue weighted by Gasteiger charge is -2.20. The van der Waals surface area contributed by atoms with Gasteiger partial charge in [0, 0.05) is 0 Å². The van der Waals surface area contributed by atoms with E-state index in [-0.39, 0.29) is 11.7 Å². The van der Waals surface area contributed by atoms with Crippen LogP contribution in [-0.2, 0) is 16.3 Å². The van der Waals surface area contributed by atoms with Crippen LogP contribution in [0.1, 0.15) is 24.4 Å². The summed E-state index contributed by atoms with van der Waals surface area (Å²) in [5, 5.41) is 10.6. The summed E-state index contributed by atoms with van der Waals surface area (Å²) in [6.45, 7) is 3.11. The number of fused-ring (bicyclic) bond motifs is 1. The number of rotatable bonds is 6. The zero-order valence-corrected chi connectivity index (χ0v) is 14.8. The first-order valence-electron chi connectivity index (χ1n) is 8.31. The fourth-order valence-corrected chi connectivity index (χ4v) is 2.44. The first-order valence-corrected chi connectivity index (χ1v) is 8.31. The molecule has 0 saturated carbocycles.